The van der Waals surface area contributed by atoms with E-state index in [0.717, 1.165) is 31.8 Å². The van der Waals surface area contributed by atoms with E-state index in [9.17, 15) is 5.11 Å². The summed E-state index contributed by atoms with van der Waals surface area (Å²) < 4.78 is 5.37. The minimum absolute atomic E-state index is 0.278. The van der Waals surface area contributed by atoms with Gasteiger partial charge in [-0.15, -0.1) is 0 Å². The van der Waals surface area contributed by atoms with Crippen LogP contribution >= 0.6 is 11.8 Å². The largest absolute Gasteiger partial charge is 0.389 e. The van der Waals surface area contributed by atoms with Gasteiger partial charge < -0.3 is 9.84 Å². The summed E-state index contributed by atoms with van der Waals surface area (Å²) in [4.78, 5) is 0. The zero-order chi connectivity index (χ0) is 10.2. The lowest BCUT2D eigenvalue weighted by Gasteiger charge is -2.44. The molecule has 2 aliphatic rings. The van der Waals surface area contributed by atoms with Gasteiger partial charge in [0, 0.05) is 18.3 Å². The molecule has 2 aliphatic heterocycles. The highest BCUT2D eigenvalue weighted by atomic mass is 32.2. The van der Waals surface area contributed by atoms with Gasteiger partial charge in [-0.3, -0.25) is 0 Å². The van der Waals surface area contributed by atoms with E-state index >= 15 is 0 Å². The number of thioether (sulfide) groups is 1. The van der Waals surface area contributed by atoms with Crippen molar-refractivity contribution < 1.29 is 9.84 Å². The van der Waals surface area contributed by atoms with Crippen molar-refractivity contribution in [3.05, 3.63) is 0 Å². The fourth-order valence-corrected chi connectivity index (χ4v) is 4.10. The molecule has 0 aromatic carbocycles. The first-order chi connectivity index (χ1) is 6.52. The highest BCUT2D eigenvalue weighted by Gasteiger charge is 2.45. The molecule has 2 fully saturated rings. The summed E-state index contributed by atoms with van der Waals surface area (Å²) in [5.41, 5.74) is -0.191. The van der Waals surface area contributed by atoms with Crippen molar-refractivity contribution in [1.82, 2.24) is 0 Å². The third kappa shape index (κ3) is 2.10. The Morgan fingerprint density at radius 3 is 2.71 bits per heavy atom. The Bertz CT molecular complexity index is 211. The highest BCUT2D eigenvalue weighted by molar-refractivity contribution is 7.99. The molecule has 2 atom stereocenters. The molecule has 3 heteroatoms. The number of hydrogen-bond donors (Lipinski definition) is 1. The highest BCUT2D eigenvalue weighted by Crippen LogP contribution is 2.44. The van der Waals surface area contributed by atoms with Crippen LogP contribution in [0, 0.1) is 11.3 Å². The van der Waals surface area contributed by atoms with Crippen LogP contribution in [0.2, 0.25) is 0 Å². The van der Waals surface area contributed by atoms with Gasteiger partial charge in [-0.2, -0.15) is 11.8 Å². The minimum atomic E-state index is -0.469. The van der Waals surface area contributed by atoms with Crippen molar-refractivity contribution in [3.63, 3.8) is 0 Å². The zero-order valence-corrected chi connectivity index (χ0v) is 9.90. The fraction of sp³-hybridized carbons (Fsp3) is 1.00. The number of rotatable bonds is 1. The van der Waals surface area contributed by atoms with E-state index in [-0.39, 0.29) is 5.41 Å². The van der Waals surface area contributed by atoms with Crippen molar-refractivity contribution in [1.29, 1.82) is 0 Å². The van der Waals surface area contributed by atoms with Crippen molar-refractivity contribution in [2.45, 2.75) is 32.3 Å². The lowest BCUT2D eigenvalue weighted by atomic mass is 9.75. The number of aliphatic hydroxyl groups is 1. The summed E-state index contributed by atoms with van der Waals surface area (Å²) >= 11 is 1.89. The van der Waals surface area contributed by atoms with E-state index in [4.69, 9.17) is 4.74 Å². The van der Waals surface area contributed by atoms with Gasteiger partial charge in [0.1, 0.15) is 0 Å². The molecule has 0 aromatic heterocycles. The molecule has 0 saturated carbocycles. The Kier molecular flexibility index (Phi) is 2.84. The number of ether oxygens (including phenoxy) is 1. The summed E-state index contributed by atoms with van der Waals surface area (Å²) in [6, 6.07) is 0. The Labute approximate surface area is 90.4 Å². The minimum Gasteiger partial charge on any atom is -0.389 e. The predicted molar refractivity (Wildman–Crippen MR) is 59.6 cm³/mol. The lowest BCUT2D eigenvalue weighted by Crippen LogP contribution is -2.48. The second-order valence-corrected chi connectivity index (χ2v) is 6.48. The first kappa shape index (κ1) is 10.8. The van der Waals surface area contributed by atoms with E-state index in [1.807, 2.05) is 11.8 Å². The van der Waals surface area contributed by atoms with Gasteiger partial charge >= 0.3 is 0 Å². The first-order valence-corrected chi connectivity index (χ1v) is 6.55. The van der Waals surface area contributed by atoms with E-state index < -0.39 is 5.60 Å². The summed E-state index contributed by atoms with van der Waals surface area (Å²) in [5, 5.41) is 10.6. The quantitative estimate of drug-likeness (QED) is 0.726. The SMILES string of the molecule is CC1(C)CSCC(O)(C2CCOC2)C1. The Morgan fingerprint density at radius 1 is 1.36 bits per heavy atom. The van der Waals surface area contributed by atoms with Gasteiger partial charge in [-0.25, -0.2) is 0 Å². The van der Waals surface area contributed by atoms with E-state index in [0.29, 0.717) is 5.92 Å². The van der Waals surface area contributed by atoms with Gasteiger partial charge in [0.15, 0.2) is 0 Å². The van der Waals surface area contributed by atoms with Gasteiger partial charge in [0.2, 0.25) is 0 Å². The molecule has 82 valence electrons. The van der Waals surface area contributed by atoms with Crippen LogP contribution < -0.4 is 0 Å². The molecule has 0 bridgehead atoms. The molecule has 0 aliphatic carbocycles. The molecule has 14 heavy (non-hydrogen) atoms. The standard InChI is InChI=1S/C11H20O2S/c1-10(2)6-11(12,8-14-7-10)9-3-4-13-5-9/h9,12H,3-8H2,1-2H3. The smallest absolute Gasteiger partial charge is 0.0793 e. The van der Waals surface area contributed by atoms with Crippen LogP contribution in [-0.4, -0.2) is 35.4 Å². The van der Waals surface area contributed by atoms with Crippen molar-refractivity contribution in [2.24, 2.45) is 11.3 Å². The van der Waals surface area contributed by atoms with E-state index in [1.165, 1.54) is 5.75 Å². The summed E-state index contributed by atoms with van der Waals surface area (Å²) in [6.45, 7) is 6.09. The molecule has 0 amide bonds. The summed E-state index contributed by atoms with van der Waals surface area (Å²) in [7, 11) is 0. The molecule has 0 aromatic rings. The topological polar surface area (TPSA) is 29.5 Å². The molecule has 2 unspecified atom stereocenters. The van der Waals surface area contributed by atoms with Gasteiger partial charge in [-0.05, 0) is 24.0 Å². The van der Waals surface area contributed by atoms with Crippen molar-refractivity contribution >= 4 is 11.8 Å². The zero-order valence-electron chi connectivity index (χ0n) is 9.08. The maximum absolute atomic E-state index is 10.6. The molecular weight excluding hydrogens is 196 g/mol. The second-order valence-electron chi connectivity index (χ2n) is 5.50. The van der Waals surface area contributed by atoms with Gasteiger partial charge in [0.25, 0.3) is 0 Å². The van der Waals surface area contributed by atoms with Crippen LogP contribution in [0.15, 0.2) is 0 Å². The molecule has 0 spiro atoms. The van der Waals surface area contributed by atoms with Crippen LogP contribution in [0.4, 0.5) is 0 Å². The van der Waals surface area contributed by atoms with Crippen LogP contribution in [-0.2, 0) is 4.74 Å². The summed E-state index contributed by atoms with van der Waals surface area (Å²) in [6.07, 6.45) is 1.97. The molecule has 2 saturated heterocycles. The molecule has 2 heterocycles. The third-order valence-electron chi connectivity index (χ3n) is 3.32. The normalized spacial score (nSPS) is 42.6. The third-order valence-corrected chi connectivity index (χ3v) is 5.01. The second kappa shape index (κ2) is 3.69. The van der Waals surface area contributed by atoms with E-state index in [2.05, 4.69) is 13.8 Å². The monoisotopic (exact) mass is 216 g/mol. The first-order valence-electron chi connectivity index (χ1n) is 5.40. The fourth-order valence-electron chi connectivity index (χ4n) is 2.66. The van der Waals surface area contributed by atoms with Crippen molar-refractivity contribution in [2.75, 3.05) is 24.7 Å². The van der Waals surface area contributed by atoms with Crippen LogP contribution in [0.3, 0.4) is 0 Å². The maximum Gasteiger partial charge on any atom is 0.0793 e. The molecular formula is C11H20O2S. The molecule has 1 N–H and O–H groups in total. The molecule has 0 radical (unpaired) electrons. The van der Waals surface area contributed by atoms with Crippen LogP contribution in [0.5, 0.6) is 0 Å². The Balaban J connectivity index is 2.06. The molecule has 2 nitrogen and oxygen atoms in total. The Morgan fingerprint density at radius 2 is 2.14 bits per heavy atom. The maximum atomic E-state index is 10.6. The van der Waals surface area contributed by atoms with Crippen LogP contribution in [0.1, 0.15) is 26.7 Å². The van der Waals surface area contributed by atoms with Crippen LogP contribution in [0.25, 0.3) is 0 Å². The van der Waals surface area contributed by atoms with Crippen molar-refractivity contribution in [3.8, 4) is 0 Å². The molecule has 2 rings (SSSR count). The average Bonchev–Trinajstić information content (AvgIpc) is 2.52. The van der Waals surface area contributed by atoms with E-state index in [1.54, 1.807) is 0 Å². The van der Waals surface area contributed by atoms with Gasteiger partial charge in [-0.1, -0.05) is 13.8 Å². The Hall–Kier alpha value is 0.270. The van der Waals surface area contributed by atoms with Gasteiger partial charge in [0.05, 0.1) is 12.2 Å². The summed E-state index contributed by atoms with van der Waals surface area (Å²) in [5.74, 6) is 2.43. The predicted octanol–water partition coefficient (Wildman–Crippen LogP) is 1.92. The lowest BCUT2D eigenvalue weighted by molar-refractivity contribution is -0.0350. The average molecular weight is 216 g/mol. The number of hydrogen-bond acceptors (Lipinski definition) is 3.